The van der Waals surface area contributed by atoms with E-state index in [1.54, 1.807) is 42.5 Å². The molecule has 2 amide bonds. The molecule has 5 nitrogen and oxygen atoms in total. The van der Waals surface area contributed by atoms with Gasteiger partial charge in [-0.2, -0.15) is 0 Å². The number of nitrogens with one attached hydrogen (secondary N) is 2. The van der Waals surface area contributed by atoms with Gasteiger partial charge in [0.15, 0.2) is 0 Å². The first-order valence-electron chi connectivity index (χ1n) is 7.77. The Labute approximate surface area is 152 Å². The molecule has 0 bridgehead atoms. The van der Waals surface area contributed by atoms with E-state index in [9.17, 15) is 9.59 Å². The van der Waals surface area contributed by atoms with Crippen molar-refractivity contribution in [1.82, 2.24) is 0 Å². The molecule has 6 heteroatoms. The first-order valence-corrected chi connectivity index (χ1v) is 8.15. The Hall–Kier alpha value is -2.53. The topological polar surface area (TPSA) is 67.4 Å². The van der Waals surface area contributed by atoms with Crippen LogP contribution in [-0.4, -0.2) is 18.9 Å². The van der Waals surface area contributed by atoms with Crippen LogP contribution in [0.15, 0.2) is 42.5 Å². The third-order valence-electron chi connectivity index (χ3n) is 3.51. The third kappa shape index (κ3) is 4.73. The molecule has 0 heterocycles. The number of amides is 2. The lowest BCUT2D eigenvalue weighted by molar-refractivity contribution is -0.123. The summed E-state index contributed by atoms with van der Waals surface area (Å²) in [7, 11) is 1.50. The Morgan fingerprint density at radius 1 is 1.04 bits per heavy atom. The number of anilines is 2. The number of halogens is 1. The van der Waals surface area contributed by atoms with Crippen molar-refractivity contribution < 1.29 is 14.3 Å². The molecular weight excluding hydrogens is 340 g/mol. The van der Waals surface area contributed by atoms with Crippen molar-refractivity contribution in [3.63, 3.8) is 0 Å². The quantitative estimate of drug-likeness (QED) is 0.838. The number of methoxy groups -OCH3 is 1. The van der Waals surface area contributed by atoms with Crippen molar-refractivity contribution in [2.45, 2.75) is 20.8 Å². The second-order valence-electron chi connectivity index (χ2n) is 6.55. The number of ether oxygens (including phenoxy) is 1. The minimum absolute atomic E-state index is 0.109. The lowest BCUT2D eigenvalue weighted by atomic mass is 9.95. The van der Waals surface area contributed by atoms with Gasteiger partial charge in [-0.15, -0.1) is 0 Å². The van der Waals surface area contributed by atoms with Gasteiger partial charge in [-0.25, -0.2) is 0 Å². The molecule has 0 aromatic heterocycles. The second kappa shape index (κ2) is 7.57. The van der Waals surface area contributed by atoms with Crippen LogP contribution in [0, 0.1) is 5.41 Å². The SMILES string of the molecule is COc1cc(NC(=O)C(C)(C)C)ccc1NC(=O)c1ccccc1Cl. The number of hydrogen-bond acceptors (Lipinski definition) is 3. The summed E-state index contributed by atoms with van der Waals surface area (Å²) in [6.45, 7) is 5.49. The van der Waals surface area contributed by atoms with E-state index in [0.717, 1.165) is 0 Å². The van der Waals surface area contributed by atoms with Crippen LogP contribution in [-0.2, 0) is 4.79 Å². The van der Waals surface area contributed by atoms with E-state index >= 15 is 0 Å². The van der Waals surface area contributed by atoms with E-state index in [2.05, 4.69) is 10.6 Å². The van der Waals surface area contributed by atoms with E-state index in [1.807, 2.05) is 20.8 Å². The molecule has 0 aliphatic carbocycles. The average Bonchev–Trinajstić information content (AvgIpc) is 2.55. The first-order chi connectivity index (χ1) is 11.7. The van der Waals surface area contributed by atoms with Crippen LogP contribution in [0.4, 0.5) is 11.4 Å². The molecule has 0 aliphatic heterocycles. The minimum atomic E-state index is -0.510. The van der Waals surface area contributed by atoms with E-state index in [-0.39, 0.29) is 11.8 Å². The van der Waals surface area contributed by atoms with Gasteiger partial charge in [-0.3, -0.25) is 9.59 Å². The zero-order valence-electron chi connectivity index (χ0n) is 14.6. The lowest BCUT2D eigenvalue weighted by Crippen LogP contribution is -2.27. The smallest absolute Gasteiger partial charge is 0.257 e. The molecule has 0 saturated heterocycles. The molecule has 132 valence electrons. The first kappa shape index (κ1) is 18.8. The number of benzene rings is 2. The number of carbonyl (C=O) groups excluding carboxylic acids is 2. The Morgan fingerprint density at radius 2 is 1.72 bits per heavy atom. The van der Waals surface area contributed by atoms with E-state index < -0.39 is 5.41 Å². The summed E-state index contributed by atoms with van der Waals surface area (Å²) in [5.74, 6) is -0.00936. The maximum absolute atomic E-state index is 12.4. The summed E-state index contributed by atoms with van der Waals surface area (Å²) in [6, 6.07) is 11.8. The highest BCUT2D eigenvalue weighted by molar-refractivity contribution is 6.34. The van der Waals surface area contributed by atoms with Crippen LogP contribution < -0.4 is 15.4 Å². The van der Waals surface area contributed by atoms with Crippen molar-refractivity contribution in [2.24, 2.45) is 5.41 Å². The maximum atomic E-state index is 12.4. The van der Waals surface area contributed by atoms with Gasteiger partial charge in [0.1, 0.15) is 5.75 Å². The molecule has 0 radical (unpaired) electrons. The van der Waals surface area contributed by atoms with Crippen molar-refractivity contribution in [3.8, 4) is 5.75 Å². The van der Waals surface area contributed by atoms with Gasteiger partial charge < -0.3 is 15.4 Å². The van der Waals surface area contributed by atoms with E-state index in [1.165, 1.54) is 7.11 Å². The zero-order chi connectivity index (χ0) is 18.6. The van der Waals surface area contributed by atoms with Gasteiger partial charge in [0, 0.05) is 17.2 Å². The van der Waals surface area contributed by atoms with E-state index in [0.29, 0.717) is 27.7 Å². The van der Waals surface area contributed by atoms with Crippen molar-refractivity contribution in [2.75, 3.05) is 17.7 Å². The minimum Gasteiger partial charge on any atom is -0.494 e. The Bertz CT molecular complexity index is 797. The van der Waals surface area contributed by atoms with Crippen LogP contribution in [0.25, 0.3) is 0 Å². The van der Waals surface area contributed by atoms with Crippen LogP contribution in [0.2, 0.25) is 5.02 Å². The van der Waals surface area contributed by atoms with Gasteiger partial charge in [-0.05, 0) is 24.3 Å². The Kier molecular flexibility index (Phi) is 5.69. The predicted octanol–water partition coefficient (Wildman–Crippen LogP) is 4.59. The molecule has 2 aromatic carbocycles. The molecule has 25 heavy (non-hydrogen) atoms. The average molecular weight is 361 g/mol. The summed E-state index contributed by atoms with van der Waals surface area (Å²) in [5, 5.41) is 5.96. The molecule has 0 aliphatic rings. The largest absolute Gasteiger partial charge is 0.494 e. The Morgan fingerprint density at radius 3 is 2.32 bits per heavy atom. The lowest BCUT2D eigenvalue weighted by Gasteiger charge is -2.18. The number of rotatable bonds is 4. The molecule has 0 atom stereocenters. The zero-order valence-corrected chi connectivity index (χ0v) is 15.4. The fourth-order valence-electron chi connectivity index (χ4n) is 2.03. The molecule has 0 saturated carbocycles. The molecule has 2 aromatic rings. The molecule has 0 fully saturated rings. The van der Waals surface area contributed by atoms with Crippen LogP contribution in [0.5, 0.6) is 5.75 Å². The summed E-state index contributed by atoms with van der Waals surface area (Å²) >= 11 is 6.04. The molecular formula is C19H21ClN2O3. The van der Waals surface area contributed by atoms with Gasteiger partial charge >= 0.3 is 0 Å². The third-order valence-corrected chi connectivity index (χ3v) is 3.84. The van der Waals surface area contributed by atoms with Gasteiger partial charge in [0.2, 0.25) is 5.91 Å². The Balaban J connectivity index is 2.21. The number of hydrogen-bond donors (Lipinski definition) is 2. The van der Waals surface area contributed by atoms with E-state index in [4.69, 9.17) is 16.3 Å². The van der Waals surface area contributed by atoms with Gasteiger partial charge in [0.25, 0.3) is 5.91 Å². The van der Waals surface area contributed by atoms with Crippen molar-refractivity contribution in [3.05, 3.63) is 53.1 Å². The highest BCUT2D eigenvalue weighted by Crippen LogP contribution is 2.30. The highest BCUT2D eigenvalue weighted by Gasteiger charge is 2.21. The molecule has 0 unspecified atom stereocenters. The van der Waals surface area contributed by atoms with Crippen LogP contribution in [0.3, 0.4) is 0 Å². The summed E-state index contributed by atoms with van der Waals surface area (Å²) in [4.78, 5) is 24.5. The fraction of sp³-hybridized carbons (Fsp3) is 0.263. The number of carbonyl (C=O) groups is 2. The predicted molar refractivity (Wildman–Crippen MR) is 100 cm³/mol. The van der Waals surface area contributed by atoms with Crippen molar-refractivity contribution in [1.29, 1.82) is 0 Å². The summed E-state index contributed by atoms with van der Waals surface area (Å²) in [5.41, 5.74) is 0.939. The molecule has 2 N–H and O–H groups in total. The summed E-state index contributed by atoms with van der Waals surface area (Å²) in [6.07, 6.45) is 0. The van der Waals surface area contributed by atoms with Gasteiger partial charge in [-0.1, -0.05) is 44.5 Å². The standard InChI is InChI=1S/C19H21ClN2O3/c1-19(2,3)18(24)21-12-9-10-15(16(11-12)25-4)22-17(23)13-7-5-6-8-14(13)20/h5-11H,1-4H3,(H,21,24)(H,22,23). The van der Waals surface area contributed by atoms with Crippen LogP contribution >= 0.6 is 11.6 Å². The van der Waals surface area contributed by atoms with Gasteiger partial charge in [0.05, 0.1) is 23.4 Å². The molecule has 2 rings (SSSR count). The normalized spacial score (nSPS) is 10.9. The molecule has 0 spiro atoms. The maximum Gasteiger partial charge on any atom is 0.257 e. The highest BCUT2D eigenvalue weighted by atomic mass is 35.5. The van der Waals surface area contributed by atoms with Crippen molar-refractivity contribution >= 4 is 34.8 Å². The fourth-order valence-corrected chi connectivity index (χ4v) is 2.25. The second-order valence-corrected chi connectivity index (χ2v) is 6.96. The van der Waals surface area contributed by atoms with Crippen LogP contribution in [0.1, 0.15) is 31.1 Å². The monoisotopic (exact) mass is 360 g/mol. The summed E-state index contributed by atoms with van der Waals surface area (Å²) < 4.78 is 5.32.